The maximum atomic E-state index is 12.5. The first-order chi connectivity index (χ1) is 19.8. The Morgan fingerprint density at radius 1 is 0.860 bits per heavy atom. The highest BCUT2D eigenvalue weighted by atomic mass is 16.7. The number of carbonyl (C=O) groups is 4. The predicted molar refractivity (Wildman–Crippen MR) is 156 cm³/mol. The molecule has 12 nitrogen and oxygen atoms in total. The van der Waals surface area contributed by atoms with E-state index in [0.717, 1.165) is 32.1 Å². The number of rotatable bonds is 11. The molecule has 0 amide bonds. The van der Waals surface area contributed by atoms with E-state index in [4.69, 9.17) is 34.2 Å². The summed E-state index contributed by atoms with van der Waals surface area (Å²) in [5.74, 6) is -1.67. The standard InChI is InChI=1S/C31H47NO11/c1-20(40-28(37)41-22-11-9-8-10-12-22)16-31(32,25(33)34)17-21-13-14-23(42-26(35)38-18-29(2,3)4)24(15-21)43-27(36)39-19-30(5,6)7/h13-15,20,22H,8-12,16-19,32H2,1-7H3,(H,33,34)/t20-,31?/m0/s1. The van der Waals surface area contributed by atoms with Gasteiger partial charge < -0.3 is 39.3 Å². The lowest BCUT2D eigenvalue weighted by molar-refractivity contribution is -0.144. The van der Waals surface area contributed by atoms with Crippen LogP contribution in [0.3, 0.4) is 0 Å². The van der Waals surface area contributed by atoms with Gasteiger partial charge in [-0.2, -0.15) is 0 Å². The largest absolute Gasteiger partial charge is 0.513 e. The first-order valence-corrected chi connectivity index (χ1v) is 14.6. The second kappa shape index (κ2) is 15.3. The van der Waals surface area contributed by atoms with Gasteiger partial charge in [-0.1, -0.05) is 54.0 Å². The first-order valence-electron chi connectivity index (χ1n) is 14.6. The molecule has 2 atom stereocenters. The van der Waals surface area contributed by atoms with E-state index in [1.54, 1.807) is 0 Å². The lowest BCUT2D eigenvalue weighted by Crippen LogP contribution is -2.52. The van der Waals surface area contributed by atoms with Crippen molar-refractivity contribution < 1.29 is 52.7 Å². The molecule has 2 rings (SSSR count). The van der Waals surface area contributed by atoms with Crippen LogP contribution in [0.1, 0.15) is 92.6 Å². The number of benzene rings is 1. The van der Waals surface area contributed by atoms with Crippen molar-refractivity contribution in [3.05, 3.63) is 23.8 Å². The van der Waals surface area contributed by atoms with Gasteiger partial charge in [0.2, 0.25) is 0 Å². The fraction of sp³-hybridized carbons (Fsp3) is 0.677. The molecule has 1 unspecified atom stereocenters. The van der Waals surface area contributed by atoms with Gasteiger partial charge in [-0.25, -0.2) is 14.4 Å². The normalized spacial score (nSPS) is 16.3. The second-order valence-electron chi connectivity index (χ2n) is 13.6. The minimum atomic E-state index is -1.87. The van der Waals surface area contributed by atoms with E-state index >= 15 is 0 Å². The Balaban J connectivity index is 2.19. The molecule has 0 spiro atoms. The summed E-state index contributed by atoms with van der Waals surface area (Å²) in [5.41, 5.74) is 4.14. The zero-order valence-electron chi connectivity index (χ0n) is 26.4. The van der Waals surface area contributed by atoms with E-state index in [1.807, 2.05) is 41.5 Å². The third-order valence-corrected chi connectivity index (χ3v) is 6.35. The van der Waals surface area contributed by atoms with E-state index in [1.165, 1.54) is 25.1 Å². The molecule has 43 heavy (non-hydrogen) atoms. The zero-order chi connectivity index (χ0) is 32.4. The molecule has 0 heterocycles. The molecular formula is C31H47NO11. The lowest BCUT2D eigenvalue weighted by atomic mass is 9.86. The summed E-state index contributed by atoms with van der Waals surface area (Å²) in [6, 6.07) is 4.15. The Morgan fingerprint density at radius 2 is 1.40 bits per heavy atom. The van der Waals surface area contributed by atoms with E-state index in [2.05, 4.69) is 0 Å². The molecular weight excluding hydrogens is 562 g/mol. The van der Waals surface area contributed by atoms with Crippen LogP contribution < -0.4 is 15.2 Å². The van der Waals surface area contributed by atoms with Crippen molar-refractivity contribution >= 4 is 24.4 Å². The molecule has 12 heteroatoms. The Kier molecular flexibility index (Phi) is 12.7. The van der Waals surface area contributed by atoms with Crippen LogP contribution in [-0.2, 0) is 30.2 Å². The fourth-order valence-electron chi connectivity index (χ4n) is 4.28. The number of hydrogen-bond donors (Lipinski definition) is 2. The summed E-state index contributed by atoms with van der Waals surface area (Å²) in [4.78, 5) is 49.3. The number of nitrogens with two attached hydrogens (primary N) is 1. The van der Waals surface area contributed by atoms with Crippen molar-refractivity contribution in [2.45, 2.75) is 111 Å². The summed E-state index contributed by atoms with van der Waals surface area (Å²) in [5, 5.41) is 10.0. The smallest absolute Gasteiger partial charge is 0.480 e. The van der Waals surface area contributed by atoms with Crippen LogP contribution in [0.2, 0.25) is 0 Å². The number of carbonyl (C=O) groups excluding carboxylic acids is 3. The Bertz CT molecular complexity index is 1120. The third-order valence-electron chi connectivity index (χ3n) is 6.35. The van der Waals surface area contributed by atoms with E-state index in [9.17, 15) is 24.3 Å². The minimum absolute atomic E-state index is 0.0569. The highest BCUT2D eigenvalue weighted by molar-refractivity contribution is 5.79. The van der Waals surface area contributed by atoms with Gasteiger partial charge in [0.15, 0.2) is 11.5 Å². The molecule has 0 bridgehead atoms. The summed E-state index contributed by atoms with van der Waals surface area (Å²) in [6.07, 6.45) is 0.0886. The predicted octanol–water partition coefficient (Wildman–Crippen LogP) is 6.40. The number of hydrogen-bond acceptors (Lipinski definition) is 11. The zero-order valence-corrected chi connectivity index (χ0v) is 26.4. The number of carboxylic acids is 1. The highest BCUT2D eigenvalue weighted by Crippen LogP contribution is 2.32. The number of aliphatic carboxylic acids is 1. The average Bonchev–Trinajstić information content (AvgIpc) is 2.87. The monoisotopic (exact) mass is 609 g/mol. The Labute approximate surface area is 253 Å². The molecule has 0 saturated heterocycles. The number of ether oxygens (including phenoxy) is 6. The van der Waals surface area contributed by atoms with E-state index < -0.39 is 36.1 Å². The van der Waals surface area contributed by atoms with E-state index in [0.29, 0.717) is 5.56 Å². The van der Waals surface area contributed by atoms with Gasteiger partial charge in [0.1, 0.15) is 17.7 Å². The van der Waals surface area contributed by atoms with Crippen molar-refractivity contribution in [3.8, 4) is 11.5 Å². The van der Waals surface area contributed by atoms with E-state index in [-0.39, 0.29) is 54.5 Å². The van der Waals surface area contributed by atoms with Crippen LogP contribution in [0.5, 0.6) is 11.5 Å². The average molecular weight is 610 g/mol. The van der Waals surface area contributed by atoms with Crippen molar-refractivity contribution in [2.24, 2.45) is 16.6 Å². The van der Waals surface area contributed by atoms with Crippen LogP contribution in [0.15, 0.2) is 18.2 Å². The van der Waals surface area contributed by atoms with Crippen molar-refractivity contribution in [1.82, 2.24) is 0 Å². The fourth-order valence-corrected chi connectivity index (χ4v) is 4.28. The maximum absolute atomic E-state index is 12.5. The molecule has 1 aliphatic rings. The van der Waals surface area contributed by atoms with Crippen LogP contribution in [-0.4, -0.2) is 60.5 Å². The molecule has 3 N–H and O–H groups in total. The van der Waals surface area contributed by atoms with Gasteiger partial charge in [-0.05, 0) is 61.1 Å². The van der Waals surface area contributed by atoms with Gasteiger partial charge in [0, 0.05) is 12.8 Å². The molecule has 1 aromatic carbocycles. The molecule has 1 saturated carbocycles. The summed E-state index contributed by atoms with van der Waals surface area (Å²) in [7, 11) is 0. The van der Waals surface area contributed by atoms with Crippen molar-refractivity contribution in [1.29, 1.82) is 0 Å². The summed E-state index contributed by atoms with van der Waals surface area (Å²) >= 11 is 0. The van der Waals surface area contributed by atoms with Crippen molar-refractivity contribution in [3.63, 3.8) is 0 Å². The van der Waals surface area contributed by atoms with Crippen LogP contribution in [0, 0.1) is 10.8 Å². The molecule has 0 aliphatic heterocycles. The third kappa shape index (κ3) is 13.5. The van der Waals surface area contributed by atoms with Gasteiger partial charge in [-0.15, -0.1) is 0 Å². The quantitative estimate of drug-likeness (QED) is 0.161. The van der Waals surface area contributed by atoms with Gasteiger partial charge in [0.05, 0.1) is 13.2 Å². The van der Waals surface area contributed by atoms with Crippen LogP contribution in [0.4, 0.5) is 14.4 Å². The summed E-state index contributed by atoms with van der Waals surface area (Å²) < 4.78 is 31.6. The summed E-state index contributed by atoms with van der Waals surface area (Å²) in [6.45, 7) is 12.9. The Hall–Kier alpha value is -3.54. The molecule has 1 aromatic rings. The molecule has 0 aromatic heterocycles. The molecule has 0 radical (unpaired) electrons. The lowest BCUT2D eigenvalue weighted by Gasteiger charge is -2.28. The molecule has 1 aliphatic carbocycles. The van der Waals surface area contributed by atoms with Gasteiger partial charge in [-0.3, -0.25) is 4.79 Å². The van der Waals surface area contributed by atoms with Gasteiger partial charge in [0.25, 0.3) is 0 Å². The van der Waals surface area contributed by atoms with Crippen LogP contribution >= 0.6 is 0 Å². The van der Waals surface area contributed by atoms with Crippen molar-refractivity contribution in [2.75, 3.05) is 13.2 Å². The first kappa shape index (κ1) is 35.7. The highest BCUT2D eigenvalue weighted by Gasteiger charge is 2.38. The molecule has 242 valence electrons. The minimum Gasteiger partial charge on any atom is -0.480 e. The Morgan fingerprint density at radius 3 is 1.91 bits per heavy atom. The maximum Gasteiger partial charge on any atom is 0.513 e. The molecule has 1 fully saturated rings. The van der Waals surface area contributed by atoms with Crippen LogP contribution in [0.25, 0.3) is 0 Å². The van der Waals surface area contributed by atoms with Gasteiger partial charge >= 0.3 is 24.4 Å². The number of carboxylic acid groups (broad SMARTS) is 1. The second-order valence-corrected chi connectivity index (χ2v) is 13.6. The SMILES string of the molecule is C[C@@H](CC(N)(Cc1ccc(OC(=O)OCC(C)(C)C)c(OC(=O)OCC(C)(C)C)c1)C(=O)O)OC(=O)OC1CCCCC1. The topological polar surface area (TPSA) is 170 Å².